The third kappa shape index (κ3) is 70.2. The van der Waals surface area contributed by atoms with Crippen LogP contribution in [0.5, 0.6) is 0 Å². The van der Waals surface area contributed by atoms with Crippen LogP contribution < -0.4 is 4.89 Å². The number of allylic oxidation sites excluding steroid dienone is 30. The third-order valence-corrected chi connectivity index (χ3v) is 14.9. The second kappa shape index (κ2) is 66.5. The van der Waals surface area contributed by atoms with Crippen molar-refractivity contribution in [3.63, 3.8) is 0 Å². The van der Waals surface area contributed by atoms with Crippen molar-refractivity contribution in [1.82, 2.24) is 0 Å². The van der Waals surface area contributed by atoms with Gasteiger partial charge in [0.05, 0.1) is 27.7 Å². The molecule has 0 aromatic heterocycles. The minimum absolute atomic E-state index is 0.0431. The highest BCUT2D eigenvalue weighted by atomic mass is 31.2. The Morgan fingerprint density at radius 3 is 0.909 bits per heavy atom. The van der Waals surface area contributed by atoms with Crippen molar-refractivity contribution in [3.8, 4) is 0 Å². The van der Waals surface area contributed by atoms with Gasteiger partial charge in [0.15, 0.2) is 6.10 Å². The molecule has 2 unspecified atom stereocenters. The molecule has 0 bridgehead atoms. The number of esters is 2. The van der Waals surface area contributed by atoms with E-state index in [2.05, 4.69) is 196 Å². The highest BCUT2D eigenvalue weighted by molar-refractivity contribution is 7.45. The van der Waals surface area contributed by atoms with Gasteiger partial charge in [-0.05, 0) is 135 Å². The molecule has 0 aliphatic rings. The average molecular weight is 1240 g/mol. The first-order valence-electron chi connectivity index (χ1n) is 34.5. The number of ether oxygens (including phenoxy) is 2. The summed E-state index contributed by atoms with van der Waals surface area (Å²) in [6, 6.07) is 0. The van der Waals surface area contributed by atoms with Crippen LogP contribution >= 0.6 is 7.82 Å². The molecule has 0 N–H and O–H groups in total. The van der Waals surface area contributed by atoms with E-state index in [1.807, 2.05) is 21.1 Å². The van der Waals surface area contributed by atoms with Gasteiger partial charge in [0.25, 0.3) is 7.82 Å². The maximum Gasteiger partial charge on any atom is 0.306 e. The van der Waals surface area contributed by atoms with E-state index in [1.165, 1.54) is 57.8 Å². The minimum atomic E-state index is -4.66. The number of hydrogen-bond acceptors (Lipinski definition) is 8. The fourth-order valence-corrected chi connectivity index (χ4v) is 9.44. The molecule has 0 radical (unpaired) electrons. The summed E-state index contributed by atoms with van der Waals surface area (Å²) in [5, 5.41) is 0. The topological polar surface area (TPSA) is 111 Å². The van der Waals surface area contributed by atoms with Crippen LogP contribution in [-0.4, -0.2) is 70.0 Å². The van der Waals surface area contributed by atoms with Crippen molar-refractivity contribution >= 4 is 19.8 Å². The summed E-state index contributed by atoms with van der Waals surface area (Å²) in [5.41, 5.74) is 0. The Balaban J connectivity index is 4.13. The molecule has 0 fully saturated rings. The van der Waals surface area contributed by atoms with Gasteiger partial charge in [0.1, 0.15) is 19.8 Å². The Labute approximate surface area is 540 Å². The molecular formula is C78H126NO8P. The molecule has 0 spiro atoms. The fourth-order valence-electron chi connectivity index (χ4n) is 8.71. The highest BCUT2D eigenvalue weighted by Gasteiger charge is 2.22. The first-order valence-corrected chi connectivity index (χ1v) is 36.0. The second-order valence-electron chi connectivity index (χ2n) is 23.4. The van der Waals surface area contributed by atoms with Crippen LogP contribution in [-0.2, 0) is 32.7 Å². The van der Waals surface area contributed by atoms with E-state index in [0.717, 1.165) is 148 Å². The van der Waals surface area contributed by atoms with Crippen LogP contribution in [0.1, 0.15) is 245 Å². The maximum absolute atomic E-state index is 12.9. The number of likely N-dealkylation sites (N-methyl/N-ethyl adjacent to an activating group) is 1. The number of nitrogens with zero attached hydrogens (tertiary/aromatic N) is 1. The van der Waals surface area contributed by atoms with E-state index in [0.29, 0.717) is 23.9 Å². The Bertz CT molecular complexity index is 2140. The number of unbranched alkanes of at least 4 members (excludes halogenated alkanes) is 17. The van der Waals surface area contributed by atoms with Crippen LogP contribution in [0.15, 0.2) is 182 Å². The Hall–Kier alpha value is -4.89. The molecule has 0 aliphatic carbocycles. The molecule has 0 aromatic carbocycles. The molecule has 0 saturated heterocycles. The summed E-state index contributed by atoms with van der Waals surface area (Å²) in [4.78, 5) is 38.0. The molecular weight excluding hydrogens is 1110 g/mol. The lowest BCUT2D eigenvalue weighted by Gasteiger charge is -2.28. The van der Waals surface area contributed by atoms with E-state index in [9.17, 15) is 19.0 Å². The summed E-state index contributed by atoms with van der Waals surface area (Å²) in [6.45, 7) is 3.98. The largest absolute Gasteiger partial charge is 0.756 e. The molecule has 496 valence electrons. The summed E-state index contributed by atoms with van der Waals surface area (Å²) in [7, 11) is 1.13. The van der Waals surface area contributed by atoms with Crippen LogP contribution in [0.25, 0.3) is 0 Å². The third-order valence-electron chi connectivity index (χ3n) is 13.9. The van der Waals surface area contributed by atoms with Crippen molar-refractivity contribution in [1.29, 1.82) is 0 Å². The smallest absolute Gasteiger partial charge is 0.306 e. The molecule has 0 amide bonds. The normalized spacial score (nSPS) is 14.3. The van der Waals surface area contributed by atoms with Gasteiger partial charge in [-0.1, -0.05) is 280 Å². The molecule has 10 heteroatoms. The number of carbonyl (C=O) groups excluding carboxylic acids is 2. The summed E-state index contributed by atoms with van der Waals surface area (Å²) in [5.74, 6) is -0.862. The van der Waals surface area contributed by atoms with Gasteiger partial charge in [-0.15, -0.1) is 0 Å². The molecule has 2 atom stereocenters. The average Bonchev–Trinajstić information content (AvgIpc) is 3.58. The van der Waals surface area contributed by atoms with Gasteiger partial charge < -0.3 is 27.9 Å². The Morgan fingerprint density at radius 2 is 0.614 bits per heavy atom. The number of rotatable bonds is 61. The van der Waals surface area contributed by atoms with Crippen molar-refractivity contribution in [3.05, 3.63) is 182 Å². The molecule has 0 aromatic rings. The maximum atomic E-state index is 12.9. The SMILES string of the molecule is CC/C=C\C/C=C\C/C=C\C/C=C\C/C=C\C/C=C\C/C=C\C/C=C\C/C=C\C/C=C\CCCCCCCCCCCCC(=O)OC(COC(=O)CCCCCCCCC/C=C\C/C=C\C/C=C\C/C=C\C/C=C\CC)COP(=O)([O-])OCC[N+](C)(C)C. The quantitative estimate of drug-likeness (QED) is 0.0195. The zero-order chi connectivity index (χ0) is 64.1. The van der Waals surface area contributed by atoms with Crippen molar-refractivity contribution < 1.29 is 42.1 Å². The van der Waals surface area contributed by atoms with Crippen LogP contribution in [0, 0.1) is 0 Å². The van der Waals surface area contributed by atoms with Gasteiger partial charge in [-0.25, -0.2) is 0 Å². The number of phosphoric ester groups is 1. The lowest BCUT2D eigenvalue weighted by molar-refractivity contribution is -0.870. The van der Waals surface area contributed by atoms with Crippen LogP contribution in [0.4, 0.5) is 0 Å². The van der Waals surface area contributed by atoms with Crippen molar-refractivity contribution in [2.24, 2.45) is 0 Å². The molecule has 0 aliphatic heterocycles. The van der Waals surface area contributed by atoms with E-state index in [-0.39, 0.29) is 26.1 Å². The van der Waals surface area contributed by atoms with Gasteiger partial charge in [0, 0.05) is 12.8 Å². The zero-order valence-corrected chi connectivity index (χ0v) is 57.2. The molecule has 9 nitrogen and oxygen atoms in total. The lowest BCUT2D eigenvalue weighted by Crippen LogP contribution is -2.37. The minimum Gasteiger partial charge on any atom is -0.756 e. The van der Waals surface area contributed by atoms with Gasteiger partial charge in [0.2, 0.25) is 0 Å². The van der Waals surface area contributed by atoms with Crippen molar-refractivity contribution in [2.45, 2.75) is 251 Å². The predicted octanol–water partition coefficient (Wildman–Crippen LogP) is 22.1. The summed E-state index contributed by atoms with van der Waals surface area (Å²) >= 11 is 0. The lowest BCUT2D eigenvalue weighted by atomic mass is 10.0. The van der Waals surface area contributed by atoms with E-state index < -0.39 is 32.5 Å². The van der Waals surface area contributed by atoms with E-state index >= 15 is 0 Å². The van der Waals surface area contributed by atoms with Gasteiger partial charge in [-0.3, -0.25) is 14.2 Å². The monoisotopic (exact) mass is 1240 g/mol. The number of carbonyl (C=O) groups is 2. The molecule has 0 saturated carbocycles. The number of quaternary nitrogens is 1. The van der Waals surface area contributed by atoms with Crippen LogP contribution in [0.3, 0.4) is 0 Å². The molecule has 0 rings (SSSR count). The molecule has 88 heavy (non-hydrogen) atoms. The first-order chi connectivity index (χ1) is 43.0. The van der Waals surface area contributed by atoms with E-state index in [1.54, 1.807) is 0 Å². The fraction of sp³-hybridized carbons (Fsp3) is 0.590. The van der Waals surface area contributed by atoms with Gasteiger partial charge in [-0.2, -0.15) is 0 Å². The predicted molar refractivity (Wildman–Crippen MR) is 378 cm³/mol. The summed E-state index contributed by atoms with van der Waals surface area (Å²) in [6.07, 6.45) is 102. The van der Waals surface area contributed by atoms with Gasteiger partial charge >= 0.3 is 11.9 Å². The van der Waals surface area contributed by atoms with Crippen LogP contribution in [0.2, 0.25) is 0 Å². The molecule has 0 heterocycles. The van der Waals surface area contributed by atoms with E-state index in [4.69, 9.17) is 18.5 Å². The Morgan fingerprint density at radius 1 is 0.352 bits per heavy atom. The van der Waals surface area contributed by atoms with Crippen molar-refractivity contribution in [2.75, 3.05) is 47.5 Å². The first kappa shape index (κ1) is 83.1. The number of phosphoric acid groups is 1. The Kier molecular flexibility index (Phi) is 62.8. The number of hydrogen-bond donors (Lipinski definition) is 0. The second-order valence-corrected chi connectivity index (χ2v) is 24.8. The summed E-state index contributed by atoms with van der Waals surface area (Å²) < 4.78 is 34.3. The standard InChI is InChI=1S/C78H126NO8P/c1-6-8-10-12-14-16-18-20-22-24-26-28-30-31-32-33-34-35-36-37-38-39-40-41-42-43-44-45-46-47-49-51-53-55-57-59-61-63-65-67-69-71-78(81)87-76(75-86-88(82,83)85-73-72-79(3,4)5)74-84-77(80)70-68-66-64-62-60-58-56-54-52-50-48-29-27-25-23-21-19-17-15-13-11-9-7-2/h8-11,14-17,20-23,26-29,31-32,34-35,37-38,40-41,43-44,46-47,50,52,76H,6-7,12-13,18-19,24-25,30,33,36,39,42,45,48-49,51,53-75H2,1-5H3/b10-8-,11-9-,16-14-,17-15-,22-20-,23-21-,28-26-,29-27-,32-31-,35-34-,38-37-,41-40-,44-43-,47-46-,52-50-. The zero-order valence-electron chi connectivity index (χ0n) is 56.3. The highest BCUT2D eigenvalue weighted by Crippen LogP contribution is 2.38.